The number of amides is 1. The third-order valence-corrected chi connectivity index (χ3v) is 6.45. The van der Waals surface area contributed by atoms with Crippen LogP contribution in [0.25, 0.3) is 10.2 Å². The number of hydrogen-bond acceptors (Lipinski definition) is 7. The van der Waals surface area contributed by atoms with Crippen molar-refractivity contribution in [3.05, 3.63) is 94.5 Å². The van der Waals surface area contributed by atoms with Gasteiger partial charge in [0.05, 0.1) is 16.8 Å². The number of nitrogens with zero attached hydrogens (tertiary/aromatic N) is 1. The average Bonchev–Trinajstić information content (AvgIpc) is 3.33. The molecule has 1 unspecified atom stereocenters. The Morgan fingerprint density at radius 1 is 1.11 bits per heavy atom. The summed E-state index contributed by atoms with van der Waals surface area (Å²) in [5.74, 6) is 1.13. The second-order valence-electron chi connectivity index (χ2n) is 7.80. The van der Waals surface area contributed by atoms with Crippen LogP contribution in [0.3, 0.4) is 0 Å². The summed E-state index contributed by atoms with van der Waals surface area (Å²) in [6, 6.07) is 24.6. The Balaban J connectivity index is 0.000000850. The Morgan fingerprint density at radius 3 is 2.50 bits per heavy atom. The van der Waals surface area contributed by atoms with E-state index in [1.165, 1.54) is 5.56 Å². The summed E-state index contributed by atoms with van der Waals surface area (Å²) in [6.45, 7) is 2.91. The van der Waals surface area contributed by atoms with Crippen LogP contribution in [0.4, 0.5) is 0 Å². The number of carbonyl (C=O) groups excluding carboxylic acids is 1. The lowest BCUT2D eigenvalue weighted by Crippen LogP contribution is -2.12. The monoisotopic (exact) mass is 523 g/mol. The number of nitrogens with one attached hydrogen (secondary N) is 1. The molecule has 4 rings (SSSR count). The summed E-state index contributed by atoms with van der Waals surface area (Å²) in [5, 5.41) is 13.0. The van der Waals surface area contributed by atoms with E-state index < -0.39 is 0 Å². The first-order chi connectivity index (χ1) is 17.5. The second-order valence-corrected chi connectivity index (χ2v) is 8.86. The van der Waals surface area contributed by atoms with Gasteiger partial charge in [-0.15, -0.1) is 24.2 Å². The summed E-state index contributed by atoms with van der Waals surface area (Å²) in [6.07, 6.45) is 3.22. The van der Waals surface area contributed by atoms with Crippen LogP contribution in [-0.4, -0.2) is 23.8 Å². The maximum Gasteiger partial charge on any atom is 0.204 e. The zero-order valence-corrected chi connectivity index (χ0v) is 22.0. The van der Waals surface area contributed by atoms with Gasteiger partial charge in [-0.05, 0) is 48.2 Å². The number of ether oxygens (including phenoxy) is 1. The van der Waals surface area contributed by atoms with Gasteiger partial charge in [-0.2, -0.15) is 0 Å². The number of carbonyl (C=O) groups is 1. The fraction of sp³-hybridized carbons (Fsp3) is 0.222. The molecule has 3 aromatic carbocycles. The van der Waals surface area contributed by atoms with Gasteiger partial charge >= 0.3 is 0 Å². The largest absolute Gasteiger partial charge is 0.494 e. The molecule has 7 N–H and O–H groups in total. The van der Waals surface area contributed by atoms with E-state index in [2.05, 4.69) is 73.1 Å². The number of aromatic nitrogens is 1. The Labute approximate surface area is 221 Å². The van der Waals surface area contributed by atoms with Gasteiger partial charge in [0.25, 0.3) is 0 Å². The minimum Gasteiger partial charge on any atom is -0.494 e. The van der Waals surface area contributed by atoms with Crippen LogP contribution in [0.15, 0.2) is 72.8 Å². The molecule has 0 saturated heterocycles. The fourth-order valence-corrected chi connectivity index (χ4v) is 4.75. The molecule has 0 bridgehead atoms. The van der Waals surface area contributed by atoms with Gasteiger partial charge in [0.2, 0.25) is 6.41 Å². The number of fused-ring (bicyclic) bond motifs is 1. The van der Waals surface area contributed by atoms with E-state index in [1.54, 1.807) is 11.3 Å². The molecule has 9 heteroatoms. The van der Waals surface area contributed by atoms with Gasteiger partial charge in [-0.3, -0.25) is 15.3 Å². The number of rotatable bonds is 9. The van der Waals surface area contributed by atoms with Crippen LogP contribution in [0, 0.1) is 5.41 Å². The first-order valence-electron chi connectivity index (χ1n) is 11.5. The zero-order chi connectivity index (χ0) is 26.3. The number of benzene rings is 3. The maximum absolute atomic E-state index is 8.58. The van der Waals surface area contributed by atoms with Gasteiger partial charge in [0.1, 0.15) is 16.6 Å². The van der Waals surface area contributed by atoms with Crippen LogP contribution in [0.1, 0.15) is 47.4 Å². The van der Waals surface area contributed by atoms with Gasteiger partial charge in [-0.25, -0.2) is 4.98 Å². The first-order valence-corrected chi connectivity index (χ1v) is 12.8. The van der Waals surface area contributed by atoms with E-state index in [-0.39, 0.29) is 18.2 Å². The predicted molar refractivity (Wildman–Crippen MR) is 153 cm³/mol. The topological polar surface area (TPSA) is 141 Å². The molecule has 0 aliphatic rings. The summed E-state index contributed by atoms with van der Waals surface area (Å²) in [7, 11) is 0. The lowest BCUT2D eigenvalue weighted by Gasteiger charge is -2.16. The third kappa shape index (κ3) is 8.37. The van der Waals surface area contributed by atoms with E-state index in [4.69, 9.17) is 25.7 Å². The molecule has 7 nitrogen and oxygen atoms in total. The van der Waals surface area contributed by atoms with Gasteiger partial charge in [0.15, 0.2) is 0 Å². The van der Waals surface area contributed by atoms with E-state index in [0.717, 1.165) is 58.0 Å². The summed E-state index contributed by atoms with van der Waals surface area (Å²) >= 11 is 4.75. The van der Waals surface area contributed by atoms with Crippen molar-refractivity contribution in [2.24, 2.45) is 16.6 Å². The molecule has 0 aliphatic heterocycles. The summed E-state index contributed by atoms with van der Waals surface area (Å²) in [5.41, 5.74) is 14.0. The van der Waals surface area contributed by atoms with Crippen molar-refractivity contribution in [3.63, 3.8) is 0 Å². The highest BCUT2D eigenvalue weighted by Gasteiger charge is 2.20. The maximum atomic E-state index is 8.58. The van der Waals surface area contributed by atoms with Crippen LogP contribution < -0.4 is 21.3 Å². The summed E-state index contributed by atoms with van der Waals surface area (Å²) < 4.78 is 7.03. The average molecular weight is 524 g/mol. The lowest BCUT2D eigenvalue weighted by atomic mass is 9.92. The Kier molecular flexibility index (Phi) is 12.5. The standard InChI is InChI=1S/C26H27N3OS.CH3NO.H3NS/c1-2-3-14-30-21-12-13-23-24(17-21)31-26(29-23)22(19-9-5-4-6-10-19)16-18-8-7-11-20(15-18)25(27)28;2-1-3;1-2/h4-13,15,17,22H,2-3,14,16H2,1H3,(H3,27,28);1H,(H2,2,3);2H,1H2. The van der Waals surface area contributed by atoms with E-state index in [0.29, 0.717) is 0 Å². The Hall–Kier alpha value is -3.40. The number of nitrogen functional groups attached to an aromatic ring is 1. The normalized spacial score (nSPS) is 10.9. The van der Waals surface area contributed by atoms with E-state index >= 15 is 0 Å². The first kappa shape index (κ1) is 28.8. The highest BCUT2D eigenvalue weighted by molar-refractivity contribution is 7.77. The van der Waals surface area contributed by atoms with Crippen molar-refractivity contribution in [1.82, 2.24) is 4.98 Å². The van der Waals surface area contributed by atoms with Crippen molar-refractivity contribution in [3.8, 4) is 5.75 Å². The highest BCUT2D eigenvalue weighted by Crippen LogP contribution is 2.35. The molecular formula is C27H33N5O2S2. The number of thiol groups is 1. The number of amidine groups is 1. The molecule has 4 aromatic rings. The quantitative estimate of drug-likeness (QED) is 0.0688. The van der Waals surface area contributed by atoms with Crippen LogP contribution >= 0.6 is 24.2 Å². The van der Waals surface area contributed by atoms with Crippen LogP contribution in [-0.2, 0) is 11.2 Å². The smallest absolute Gasteiger partial charge is 0.204 e. The fourth-order valence-electron chi connectivity index (χ4n) is 3.63. The molecule has 1 heterocycles. The molecule has 0 spiro atoms. The summed E-state index contributed by atoms with van der Waals surface area (Å²) in [4.78, 5) is 13.6. The predicted octanol–water partition coefficient (Wildman–Crippen LogP) is 5.03. The van der Waals surface area contributed by atoms with Crippen molar-refractivity contribution >= 4 is 46.6 Å². The molecule has 36 heavy (non-hydrogen) atoms. The van der Waals surface area contributed by atoms with E-state index in [1.807, 2.05) is 30.3 Å². The van der Waals surface area contributed by atoms with Crippen molar-refractivity contribution in [2.45, 2.75) is 32.1 Å². The van der Waals surface area contributed by atoms with Crippen molar-refractivity contribution < 1.29 is 9.53 Å². The molecular weight excluding hydrogens is 490 g/mol. The molecule has 1 aromatic heterocycles. The molecule has 1 atom stereocenters. The zero-order valence-electron chi connectivity index (χ0n) is 20.3. The number of nitrogens with two attached hydrogens (primary N) is 3. The number of unbranched alkanes of at least 4 members (excludes halogenated alkanes) is 1. The Bertz CT molecular complexity index is 1230. The number of hydrogen-bond donors (Lipinski definition) is 5. The van der Waals surface area contributed by atoms with E-state index in [9.17, 15) is 0 Å². The number of primary amides is 1. The molecule has 0 fully saturated rings. The molecule has 0 saturated carbocycles. The van der Waals surface area contributed by atoms with Gasteiger partial charge in [0, 0.05) is 11.5 Å². The minimum atomic E-state index is 0.0914. The Morgan fingerprint density at radius 2 is 1.83 bits per heavy atom. The minimum absolute atomic E-state index is 0.0914. The lowest BCUT2D eigenvalue weighted by molar-refractivity contribution is -0.106. The molecule has 190 valence electrons. The van der Waals surface area contributed by atoms with Gasteiger partial charge < -0.3 is 16.2 Å². The molecule has 0 aliphatic carbocycles. The SMILES string of the molecule is CCCCOc1ccc2nc(C(Cc3cccc(C(=N)N)c3)c3ccccc3)sc2c1.NC=O.NS. The van der Waals surface area contributed by atoms with Crippen LogP contribution in [0.2, 0.25) is 0 Å². The van der Waals surface area contributed by atoms with Crippen molar-refractivity contribution in [1.29, 1.82) is 5.41 Å². The van der Waals surface area contributed by atoms with Crippen molar-refractivity contribution in [2.75, 3.05) is 6.61 Å². The second kappa shape index (κ2) is 15.6. The highest BCUT2D eigenvalue weighted by atomic mass is 32.1. The molecule has 0 radical (unpaired) electrons. The third-order valence-electron chi connectivity index (χ3n) is 5.32. The van der Waals surface area contributed by atoms with Crippen LogP contribution in [0.5, 0.6) is 5.75 Å². The number of thiazole rings is 1. The molecule has 1 amide bonds. The van der Waals surface area contributed by atoms with Gasteiger partial charge in [-0.1, -0.05) is 61.9 Å².